The van der Waals surface area contributed by atoms with Crippen LogP contribution in [0.5, 0.6) is 0 Å². The minimum atomic E-state index is -0.0632. The lowest BCUT2D eigenvalue weighted by molar-refractivity contribution is 0.663. The summed E-state index contributed by atoms with van der Waals surface area (Å²) in [5.74, 6) is 0. The topological polar surface area (TPSA) is 52.0 Å². The summed E-state index contributed by atoms with van der Waals surface area (Å²) in [6.45, 7) is 3.65. The molecule has 15 heavy (non-hydrogen) atoms. The molecule has 0 saturated heterocycles. The normalized spacial score (nSPS) is 11.6. The van der Waals surface area contributed by atoms with Gasteiger partial charge in [-0.2, -0.15) is 0 Å². The number of benzene rings is 1. The predicted molar refractivity (Wildman–Crippen MR) is 69.5 cm³/mol. The van der Waals surface area contributed by atoms with Crippen LogP contribution in [0, 0.1) is 0 Å². The SMILES string of the molecule is C=CCC[C@@H](N)c1cc(Cl)ccc1N.Cl. The lowest BCUT2D eigenvalue weighted by atomic mass is 10.0. The molecule has 4 heteroatoms. The lowest BCUT2D eigenvalue weighted by Crippen LogP contribution is -2.12. The van der Waals surface area contributed by atoms with Crippen LogP contribution in [0.4, 0.5) is 5.69 Å². The fourth-order valence-electron chi connectivity index (χ4n) is 1.32. The molecule has 1 aromatic carbocycles. The molecule has 0 bridgehead atoms. The summed E-state index contributed by atoms with van der Waals surface area (Å²) in [4.78, 5) is 0. The van der Waals surface area contributed by atoms with Crippen molar-refractivity contribution in [1.29, 1.82) is 0 Å². The largest absolute Gasteiger partial charge is 0.398 e. The molecule has 0 aromatic heterocycles. The molecular formula is C11H16Cl2N2. The van der Waals surface area contributed by atoms with Crippen molar-refractivity contribution in [3.05, 3.63) is 41.4 Å². The van der Waals surface area contributed by atoms with E-state index in [1.807, 2.05) is 12.1 Å². The molecule has 0 radical (unpaired) electrons. The summed E-state index contributed by atoms with van der Waals surface area (Å²) >= 11 is 5.86. The highest BCUT2D eigenvalue weighted by atomic mass is 35.5. The van der Waals surface area contributed by atoms with Crippen molar-refractivity contribution in [2.75, 3.05) is 5.73 Å². The van der Waals surface area contributed by atoms with E-state index in [1.165, 1.54) is 0 Å². The van der Waals surface area contributed by atoms with Gasteiger partial charge in [0.25, 0.3) is 0 Å². The fourth-order valence-corrected chi connectivity index (χ4v) is 1.50. The molecule has 0 fully saturated rings. The summed E-state index contributed by atoms with van der Waals surface area (Å²) in [7, 11) is 0. The predicted octanol–water partition coefficient (Wildman–Crippen LogP) is 3.31. The molecule has 0 aliphatic heterocycles. The third-order valence-corrected chi connectivity index (χ3v) is 2.37. The molecule has 0 amide bonds. The Morgan fingerprint density at radius 2 is 2.13 bits per heavy atom. The molecule has 4 N–H and O–H groups in total. The van der Waals surface area contributed by atoms with Crippen LogP contribution in [-0.2, 0) is 0 Å². The zero-order valence-corrected chi connectivity index (χ0v) is 10.0. The Morgan fingerprint density at radius 3 is 2.73 bits per heavy atom. The second kappa shape index (κ2) is 6.72. The number of anilines is 1. The molecule has 0 saturated carbocycles. The first-order chi connectivity index (χ1) is 6.65. The van der Waals surface area contributed by atoms with Gasteiger partial charge in [0.1, 0.15) is 0 Å². The molecule has 0 unspecified atom stereocenters. The molecule has 1 rings (SSSR count). The van der Waals surface area contributed by atoms with Gasteiger partial charge in [0, 0.05) is 16.8 Å². The summed E-state index contributed by atoms with van der Waals surface area (Å²) in [6.07, 6.45) is 3.57. The maximum atomic E-state index is 5.96. The monoisotopic (exact) mass is 246 g/mol. The Morgan fingerprint density at radius 1 is 1.47 bits per heavy atom. The van der Waals surface area contributed by atoms with Crippen molar-refractivity contribution in [3.8, 4) is 0 Å². The zero-order chi connectivity index (χ0) is 10.6. The number of hydrogen-bond donors (Lipinski definition) is 2. The summed E-state index contributed by atoms with van der Waals surface area (Å²) in [5.41, 5.74) is 13.4. The van der Waals surface area contributed by atoms with E-state index in [2.05, 4.69) is 6.58 Å². The van der Waals surface area contributed by atoms with Gasteiger partial charge in [0.05, 0.1) is 0 Å². The fraction of sp³-hybridized carbons (Fsp3) is 0.273. The van der Waals surface area contributed by atoms with Gasteiger partial charge in [-0.25, -0.2) is 0 Å². The number of halogens is 2. The van der Waals surface area contributed by atoms with Crippen LogP contribution in [-0.4, -0.2) is 0 Å². The molecule has 1 aromatic rings. The second-order valence-corrected chi connectivity index (χ2v) is 3.68. The van der Waals surface area contributed by atoms with Crippen molar-refractivity contribution >= 4 is 29.7 Å². The highest BCUT2D eigenvalue weighted by Crippen LogP contribution is 2.25. The molecule has 84 valence electrons. The average molecular weight is 247 g/mol. The van der Waals surface area contributed by atoms with Crippen molar-refractivity contribution in [2.24, 2.45) is 5.73 Å². The highest BCUT2D eigenvalue weighted by molar-refractivity contribution is 6.30. The molecule has 0 spiro atoms. The Balaban J connectivity index is 0.00000196. The molecule has 0 aliphatic rings. The first-order valence-electron chi connectivity index (χ1n) is 4.56. The third-order valence-electron chi connectivity index (χ3n) is 2.13. The quantitative estimate of drug-likeness (QED) is 0.633. The van der Waals surface area contributed by atoms with Gasteiger partial charge in [-0.1, -0.05) is 17.7 Å². The summed E-state index contributed by atoms with van der Waals surface area (Å²) < 4.78 is 0. The Kier molecular flexibility index (Phi) is 6.41. The average Bonchev–Trinajstić information content (AvgIpc) is 2.18. The minimum Gasteiger partial charge on any atom is -0.398 e. The van der Waals surface area contributed by atoms with E-state index < -0.39 is 0 Å². The molecule has 0 heterocycles. The van der Waals surface area contributed by atoms with E-state index >= 15 is 0 Å². The second-order valence-electron chi connectivity index (χ2n) is 3.25. The first-order valence-corrected chi connectivity index (χ1v) is 4.94. The lowest BCUT2D eigenvalue weighted by Gasteiger charge is -2.13. The Hall–Kier alpha value is -0.700. The van der Waals surface area contributed by atoms with Crippen molar-refractivity contribution in [1.82, 2.24) is 0 Å². The van der Waals surface area contributed by atoms with Gasteiger partial charge < -0.3 is 11.5 Å². The Labute approximate surface area is 102 Å². The Bertz CT molecular complexity index is 326. The van der Waals surface area contributed by atoms with E-state index in [0.717, 1.165) is 18.4 Å². The number of nitrogens with two attached hydrogens (primary N) is 2. The van der Waals surface area contributed by atoms with Gasteiger partial charge in [-0.05, 0) is 36.6 Å². The number of allylic oxidation sites excluding steroid dienone is 1. The van der Waals surface area contributed by atoms with Crippen molar-refractivity contribution in [2.45, 2.75) is 18.9 Å². The van der Waals surface area contributed by atoms with Crippen LogP contribution < -0.4 is 11.5 Å². The zero-order valence-electron chi connectivity index (χ0n) is 8.45. The number of rotatable bonds is 4. The van der Waals surface area contributed by atoms with E-state index in [9.17, 15) is 0 Å². The van der Waals surface area contributed by atoms with Gasteiger partial charge in [-0.3, -0.25) is 0 Å². The molecule has 2 nitrogen and oxygen atoms in total. The van der Waals surface area contributed by atoms with Crippen LogP contribution in [0.2, 0.25) is 5.02 Å². The van der Waals surface area contributed by atoms with E-state index in [4.69, 9.17) is 23.1 Å². The van der Waals surface area contributed by atoms with Gasteiger partial charge in [0.2, 0.25) is 0 Å². The molecular weight excluding hydrogens is 231 g/mol. The van der Waals surface area contributed by atoms with Gasteiger partial charge >= 0.3 is 0 Å². The standard InChI is InChI=1S/C11H15ClN2.ClH/c1-2-3-4-10(13)9-7-8(12)5-6-11(9)14;/h2,5-7,10H,1,3-4,13-14H2;1H/t10-;/m1./s1. The van der Waals surface area contributed by atoms with Crippen LogP contribution >= 0.6 is 24.0 Å². The first kappa shape index (κ1) is 14.3. The summed E-state index contributed by atoms with van der Waals surface area (Å²) in [5, 5.41) is 0.670. The van der Waals surface area contributed by atoms with E-state index in [-0.39, 0.29) is 18.4 Å². The number of hydrogen-bond acceptors (Lipinski definition) is 2. The summed E-state index contributed by atoms with van der Waals surface area (Å²) in [6, 6.07) is 5.31. The van der Waals surface area contributed by atoms with Crippen LogP contribution in [0.1, 0.15) is 24.4 Å². The molecule has 1 atom stereocenters. The van der Waals surface area contributed by atoms with Gasteiger partial charge in [0.15, 0.2) is 0 Å². The van der Waals surface area contributed by atoms with E-state index in [1.54, 1.807) is 12.1 Å². The van der Waals surface area contributed by atoms with Gasteiger partial charge in [-0.15, -0.1) is 19.0 Å². The van der Waals surface area contributed by atoms with Crippen molar-refractivity contribution < 1.29 is 0 Å². The molecule has 0 aliphatic carbocycles. The van der Waals surface area contributed by atoms with Crippen molar-refractivity contribution in [3.63, 3.8) is 0 Å². The number of nitrogen functional groups attached to an aromatic ring is 1. The highest BCUT2D eigenvalue weighted by Gasteiger charge is 2.08. The smallest absolute Gasteiger partial charge is 0.0410 e. The maximum absolute atomic E-state index is 5.96. The van der Waals surface area contributed by atoms with Crippen LogP contribution in [0.25, 0.3) is 0 Å². The third kappa shape index (κ3) is 4.12. The van der Waals surface area contributed by atoms with E-state index in [0.29, 0.717) is 10.7 Å². The van der Waals surface area contributed by atoms with Crippen LogP contribution in [0.3, 0.4) is 0 Å². The minimum absolute atomic E-state index is 0. The van der Waals surface area contributed by atoms with Crippen LogP contribution in [0.15, 0.2) is 30.9 Å². The maximum Gasteiger partial charge on any atom is 0.0410 e.